The molecule has 1 aromatic heterocycles. The number of aromatic nitrogens is 3. The summed E-state index contributed by atoms with van der Waals surface area (Å²) in [6.45, 7) is 8.66. The van der Waals surface area contributed by atoms with Crippen molar-refractivity contribution in [1.82, 2.24) is 15.0 Å². The fourth-order valence-electron chi connectivity index (χ4n) is 9.89. The monoisotopic (exact) mass is 495 g/mol. The number of fused-ring (bicyclic) bond motifs is 6. The van der Waals surface area contributed by atoms with Gasteiger partial charge in [-0.1, -0.05) is 19.9 Å². The largest absolute Gasteiger partial charge is 0.390 e. The summed E-state index contributed by atoms with van der Waals surface area (Å²) in [5, 5.41) is 19.6. The van der Waals surface area contributed by atoms with Gasteiger partial charge in [-0.15, -0.1) is 5.10 Å². The zero-order valence-electron chi connectivity index (χ0n) is 22.4. The second-order valence-corrected chi connectivity index (χ2v) is 13.4. The van der Waals surface area contributed by atoms with E-state index in [0.29, 0.717) is 34.2 Å². The van der Waals surface area contributed by atoms with Crippen molar-refractivity contribution in [2.75, 3.05) is 0 Å². The Morgan fingerprint density at radius 2 is 1.89 bits per heavy atom. The molecule has 1 heterocycles. The topological polar surface area (TPSA) is 68.0 Å². The molecule has 1 N–H and O–H groups in total. The number of aryl methyl sites for hydroxylation is 1. The van der Waals surface area contributed by atoms with Gasteiger partial charge in [-0.2, -0.15) is 9.90 Å². The number of carbonyl (C=O) groups is 1. The summed E-state index contributed by atoms with van der Waals surface area (Å²) < 4.78 is 14.5. The summed E-state index contributed by atoms with van der Waals surface area (Å²) in [6.07, 6.45) is 11.1. The van der Waals surface area contributed by atoms with Crippen molar-refractivity contribution >= 4 is 16.8 Å². The summed E-state index contributed by atoms with van der Waals surface area (Å²) >= 11 is 0. The van der Waals surface area contributed by atoms with Gasteiger partial charge in [0.2, 0.25) is 0 Å². The first-order valence-corrected chi connectivity index (χ1v) is 14.3. The van der Waals surface area contributed by atoms with Gasteiger partial charge in [0, 0.05) is 5.92 Å². The van der Waals surface area contributed by atoms with Gasteiger partial charge in [0.05, 0.1) is 5.60 Å². The highest BCUT2D eigenvalue weighted by molar-refractivity contribution is 5.82. The third-order valence-corrected chi connectivity index (χ3v) is 11.7. The molecule has 1 aromatic carbocycles. The number of Topliss-reactive ketones (excluding diaryl/α,β-unsaturated/α-hetero) is 1. The molecule has 0 saturated heterocycles. The fraction of sp³-hybridized carbons (Fsp3) is 0.767. The van der Waals surface area contributed by atoms with Crippen LogP contribution in [0.5, 0.6) is 0 Å². The van der Waals surface area contributed by atoms with E-state index >= 15 is 0 Å². The SMILES string of the molecule is CC[C@]12CC[C@@](C)(O)C[C@H]1CC[C@H]1[C@@H]3CC[C@H](C(=O)Cn4nc5ccc(C)c(F)c5n4)[C@@]3(C)CC[C@@H]12. The lowest BCUT2D eigenvalue weighted by atomic mass is 9.42. The van der Waals surface area contributed by atoms with E-state index in [2.05, 4.69) is 24.0 Å². The number of ketones is 1. The minimum atomic E-state index is -0.503. The van der Waals surface area contributed by atoms with E-state index in [9.17, 15) is 14.3 Å². The number of hydrogen-bond donors (Lipinski definition) is 1. The zero-order chi connectivity index (χ0) is 25.5. The van der Waals surface area contributed by atoms with E-state index in [1.807, 2.05) is 6.92 Å². The Morgan fingerprint density at radius 1 is 1.08 bits per heavy atom. The van der Waals surface area contributed by atoms with Crippen LogP contribution in [0.4, 0.5) is 4.39 Å². The summed E-state index contributed by atoms with van der Waals surface area (Å²) in [5.74, 6) is 2.57. The number of rotatable bonds is 4. The standard InChI is InChI=1S/C30H42FN3O2/c1-5-30-15-14-28(3,36)16-19(30)7-8-20-21-9-10-23(29(21,4)13-12-22(20)30)25(35)17-34-32-24-11-6-18(2)26(31)27(24)33-34/h6,11,19-23,36H,5,7-10,12-17H2,1-4H3/t19-,20+,21+,22+,23-,28-,29+,30+/m1/s1. The molecule has 36 heavy (non-hydrogen) atoms. The highest BCUT2D eigenvalue weighted by Crippen LogP contribution is 2.69. The molecule has 5 nitrogen and oxygen atoms in total. The molecule has 0 unspecified atom stereocenters. The Balaban J connectivity index is 1.22. The minimum absolute atomic E-state index is 0.0338. The second kappa shape index (κ2) is 8.34. The molecule has 0 spiro atoms. The molecule has 0 aliphatic heterocycles. The molecular formula is C30H42FN3O2. The lowest BCUT2D eigenvalue weighted by Gasteiger charge is -2.63. The highest BCUT2D eigenvalue weighted by atomic mass is 19.1. The molecule has 0 amide bonds. The molecule has 196 valence electrons. The Bertz CT molecular complexity index is 1190. The molecule has 0 bridgehead atoms. The summed E-state index contributed by atoms with van der Waals surface area (Å²) in [7, 11) is 0. The van der Waals surface area contributed by atoms with Gasteiger partial charge in [0.15, 0.2) is 11.6 Å². The van der Waals surface area contributed by atoms with Crippen LogP contribution in [0.1, 0.15) is 90.5 Å². The van der Waals surface area contributed by atoms with Crippen LogP contribution >= 0.6 is 0 Å². The number of nitrogens with zero attached hydrogens (tertiary/aromatic N) is 3. The Hall–Kier alpha value is -1.82. The minimum Gasteiger partial charge on any atom is -0.390 e. The van der Waals surface area contributed by atoms with E-state index in [-0.39, 0.29) is 35.0 Å². The molecule has 8 atom stereocenters. The molecule has 4 aliphatic rings. The Labute approximate surface area is 214 Å². The number of hydrogen-bond acceptors (Lipinski definition) is 4. The number of benzene rings is 1. The van der Waals surface area contributed by atoms with Gasteiger partial charge < -0.3 is 5.11 Å². The van der Waals surface area contributed by atoms with E-state index in [4.69, 9.17) is 0 Å². The first kappa shape index (κ1) is 24.5. The van der Waals surface area contributed by atoms with Crippen molar-refractivity contribution in [3.05, 3.63) is 23.5 Å². The lowest BCUT2D eigenvalue weighted by molar-refractivity contribution is -0.158. The van der Waals surface area contributed by atoms with Crippen molar-refractivity contribution in [1.29, 1.82) is 0 Å². The van der Waals surface area contributed by atoms with E-state index in [1.165, 1.54) is 30.5 Å². The van der Waals surface area contributed by atoms with Gasteiger partial charge in [-0.25, -0.2) is 4.39 Å². The van der Waals surface area contributed by atoms with Crippen molar-refractivity contribution in [3.8, 4) is 0 Å². The molecule has 4 fully saturated rings. The first-order valence-electron chi connectivity index (χ1n) is 14.3. The smallest absolute Gasteiger partial charge is 0.159 e. The Morgan fingerprint density at radius 3 is 2.67 bits per heavy atom. The number of halogens is 1. The van der Waals surface area contributed by atoms with Crippen LogP contribution in [0.2, 0.25) is 0 Å². The quantitative estimate of drug-likeness (QED) is 0.545. The first-order chi connectivity index (χ1) is 17.1. The molecule has 0 radical (unpaired) electrons. The maximum atomic E-state index is 14.5. The van der Waals surface area contributed by atoms with Gasteiger partial charge in [0.25, 0.3) is 0 Å². The van der Waals surface area contributed by atoms with E-state index < -0.39 is 5.60 Å². The zero-order valence-corrected chi connectivity index (χ0v) is 22.4. The molecule has 6 heteroatoms. The maximum absolute atomic E-state index is 14.5. The number of aliphatic hydroxyl groups is 1. The maximum Gasteiger partial charge on any atom is 0.159 e. The van der Waals surface area contributed by atoms with Crippen molar-refractivity contribution in [2.45, 2.75) is 104 Å². The van der Waals surface area contributed by atoms with Crippen molar-refractivity contribution in [3.63, 3.8) is 0 Å². The fourth-order valence-corrected chi connectivity index (χ4v) is 9.89. The van der Waals surface area contributed by atoms with E-state index in [1.54, 1.807) is 19.1 Å². The van der Waals surface area contributed by atoms with Crippen LogP contribution in [0.15, 0.2) is 12.1 Å². The van der Waals surface area contributed by atoms with Gasteiger partial charge in [-0.3, -0.25) is 4.79 Å². The predicted molar refractivity (Wildman–Crippen MR) is 138 cm³/mol. The predicted octanol–water partition coefficient (Wildman–Crippen LogP) is 6.25. The second-order valence-electron chi connectivity index (χ2n) is 13.4. The van der Waals surface area contributed by atoms with Gasteiger partial charge in [0.1, 0.15) is 17.6 Å². The third-order valence-electron chi connectivity index (χ3n) is 11.7. The van der Waals surface area contributed by atoms with Crippen LogP contribution in [0.25, 0.3) is 11.0 Å². The average Bonchev–Trinajstić information content (AvgIpc) is 3.41. The summed E-state index contributed by atoms with van der Waals surface area (Å²) in [5.41, 5.74) is 1.22. The number of carbonyl (C=O) groups excluding carboxylic acids is 1. The van der Waals surface area contributed by atoms with Crippen LogP contribution in [-0.4, -0.2) is 31.5 Å². The van der Waals surface area contributed by atoms with Gasteiger partial charge in [-0.05, 0) is 124 Å². The molecule has 6 rings (SSSR count). The Kier molecular flexibility index (Phi) is 5.68. The average molecular weight is 496 g/mol. The molecular weight excluding hydrogens is 453 g/mol. The van der Waals surface area contributed by atoms with Crippen molar-refractivity contribution < 1.29 is 14.3 Å². The molecule has 4 aliphatic carbocycles. The van der Waals surface area contributed by atoms with Crippen molar-refractivity contribution in [2.24, 2.45) is 40.4 Å². The van der Waals surface area contributed by atoms with Crippen LogP contribution in [-0.2, 0) is 11.3 Å². The van der Waals surface area contributed by atoms with E-state index in [0.717, 1.165) is 44.4 Å². The van der Waals surface area contributed by atoms with Crippen LogP contribution < -0.4 is 0 Å². The molecule has 2 aromatic rings. The summed E-state index contributed by atoms with van der Waals surface area (Å²) in [6, 6.07) is 3.49. The molecule has 4 saturated carbocycles. The summed E-state index contributed by atoms with van der Waals surface area (Å²) in [4.78, 5) is 15.1. The highest BCUT2D eigenvalue weighted by Gasteiger charge is 2.62. The lowest BCUT2D eigenvalue weighted by Crippen LogP contribution is -2.56. The van der Waals surface area contributed by atoms with Crippen LogP contribution in [0, 0.1) is 53.2 Å². The van der Waals surface area contributed by atoms with Crippen LogP contribution in [0.3, 0.4) is 0 Å². The van der Waals surface area contributed by atoms with Gasteiger partial charge >= 0.3 is 0 Å². The third kappa shape index (κ3) is 3.53. The normalized spacial score (nSPS) is 42.1.